The normalized spacial score (nSPS) is 32.1. The molecule has 0 spiro atoms. The van der Waals surface area contributed by atoms with Gasteiger partial charge in [-0.15, -0.1) is 0 Å². The average Bonchev–Trinajstić information content (AvgIpc) is 2.92. The summed E-state index contributed by atoms with van der Waals surface area (Å²) in [7, 11) is 0. The Bertz CT molecular complexity index is 263. The molecule has 0 aliphatic heterocycles. The molecular weight excluding hydrogens is 246 g/mol. The quantitative estimate of drug-likeness (QED) is 0.732. The molecular formula is C18H35NO. The van der Waals surface area contributed by atoms with Crippen LogP contribution in [-0.4, -0.2) is 24.3 Å². The fourth-order valence-corrected chi connectivity index (χ4v) is 3.99. The summed E-state index contributed by atoms with van der Waals surface area (Å²) in [5.41, 5.74) is 0.142. The molecule has 2 rings (SSSR count). The van der Waals surface area contributed by atoms with Gasteiger partial charge in [-0.2, -0.15) is 0 Å². The van der Waals surface area contributed by atoms with Crippen molar-refractivity contribution in [2.24, 2.45) is 5.92 Å². The lowest BCUT2D eigenvalue weighted by molar-refractivity contribution is -0.116. The van der Waals surface area contributed by atoms with E-state index in [0.717, 1.165) is 12.5 Å². The van der Waals surface area contributed by atoms with Gasteiger partial charge >= 0.3 is 0 Å². The number of hydrogen-bond donors (Lipinski definition) is 1. The standard InChI is InChI=1S/C18H35NO/c1-4-7-16-10-12-18(13-11-16,14-19-15(2)3)20-17-8-5-6-9-17/h15-17,19H,4-14H2,1-3H3. The Kier molecular flexibility index (Phi) is 6.35. The van der Waals surface area contributed by atoms with E-state index in [-0.39, 0.29) is 5.60 Å². The fraction of sp³-hybridized carbons (Fsp3) is 1.00. The summed E-state index contributed by atoms with van der Waals surface area (Å²) in [5.74, 6) is 0.958. The molecule has 0 atom stereocenters. The van der Waals surface area contributed by atoms with Crippen LogP contribution in [0.1, 0.15) is 85.0 Å². The van der Waals surface area contributed by atoms with Gasteiger partial charge in [-0.05, 0) is 44.4 Å². The van der Waals surface area contributed by atoms with Crippen LogP contribution in [0.5, 0.6) is 0 Å². The Morgan fingerprint density at radius 1 is 1.10 bits per heavy atom. The molecule has 0 saturated heterocycles. The number of hydrogen-bond acceptors (Lipinski definition) is 2. The Morgan fingerprint density at radius 3 is 2.30 bits per heavy atom. The van der Waals surface area contributed by atoms with Crippen LogP contribution in [0.15, 0.2) is 0 Å². The third kappa shape index (κ3) is 4.73. The lowest BCUT2D eigenvalue weighted by atomic mass is 9.76. The predicted octanol–water partition coefficient (Wildman–Crippen LogP) is 4.67. The van der Waals surface area contributed by atoms with Gasteiger partial charge in [-0.25, -0.2) is 0 Å². The number of nitrogens with one attached hydrogen (secondary N) is 1. The van der Waals surface area contributed by atoms with Crippen LogP contribution in [0.25, 0.3) is 0 Å². The monoisotopic (exact) mass is 281 g/mol. The van der Waals surface area contributed by atoms with E-state index in [2.05, 4.69) is 26.1 Å². The molecule has 0 radical (unpaired) electrons. The Hall–Kier alpha value is -0.0800. The molecule has 2 aliphatic carbocycles. The van der Waals surface area contributed by atoms with E-state index in [1.54, 1.807) is 0 Å². The molecule has 0 aromatic carbocycles. The van der Waals surface area contributed by atoms with Crippen molar-refractivity contribution in [3.05, 3.63) is 0 Å². The average molecular weight is 281 g/mol. The smallest absolute Gasteiger partial charge is 0.0810 e. The van der Waals surface area contributed by atoms with E-state index in [1.165, 1.54) is 64.2 Å². The van der Waals surface area contributed by atoms with Gasteiger partial charge in [0.25, 0.3) is 0 Å². The third-order valence-electron chi connectivity index (χ3n) is 5.26. The minimum absolute atomic E-state index is 0.142. The van der Waals surface area contributed by atoms with E-state index in [1.807, 2.05) is 0 Å². The molecule has 2 saturated carbocycles. The van der Waals surface area contributed by atoms with E-state index in [9.17, 15) is 0 Å². The van der Waals surface area contributed by atoms with E-state index < -0.39 is 0 Å². The summed E-state index contributed by atoms with van der Waals surface area (Å²) in [4.78, 5) is 0. The second-order valence-electron chi connectivity index (χ2n) is 7.47. The predicted molar refractivity (Wildman–Crippen MR) is 86.1 cm³/mol. The van der Waals surface area contributed by atoms with Gasteiger partial charge in [-0.1, -0.05) is 46.5 Å². The summed E-state index contributed by atoms with van der Waals surface area (Å²) in [6.45, 7) is 7.86. The van der Waals surface area contributed by atoms with Crippen molar-refractivity contribution < 1.29 is 4.74 Å². The lowest BCUT2D eigenvalue weighted by Crippen LogP contribution is -2.49. The first-order valence-corrected chi connectivity index (χ1v) is 9.05. The van der Waals surface area contributed by atoms with Crippen LogP contribution >= 0.6 is 0 Å². The maximum absolute atomic E-state index is 6.65. The van der Waals surface area contributed by atoms with Crippen molar-refractivity contribution in [2.45, 2.75) is 103 Å². The van der Waals surface area contributed by atoms with Gasteiger partial charge in [0.2, 0.25) is 0 Å². The summed E-state index contributed by atoms with van der Waals surface area (Å²) in [6, 6.07) is 0.562. The summed E-state index contributed by atoms with van der Waals surface area (Å²) >= 11 is 0. The molecule has 0 unspecified atom stereocenters. The molecule has 2 aliphatic rings. The molecule has 0 amide bonds. The Balaban J connectivity index is 1.90. The van der Waals surface area contributed by atoms with E-state index in [0.29, 0.717) is 12.1 Å². The van der Waals surface area contributed by atoms with Crippen LogP contribution in [0.2, 0.25) is 0 Å². The second kappa shape index (κ2) is 7.79. The molecule has 2 heteroatoms. The molecule has 118 valence electrons. The van der Waals surface area contributed by atoms with Crippen LogP contribution in [0, 0.1) is 5.92 Å². The first kappa shape index (κ1) is 16.3. The van der Waals surface area contributed by atoms with Gasteiger partial charge in [-0.3, -0.25) is 0 Å². The van der Waals surface area contributed by atoms with Gasteiger partial charge in [0.05, 0.1) is 11.7 Å². The summed E-state index contributed by atoms with van der Waals surface area (Å²) < 4.78 is 6.65. The zero-order valence-corrected chi connectivity index (χ0v) is 13.9. The van der Waals surface area contributed by atoms with Gasteiger partial charge in [0.1, 0.15) is 0 Å². The first-order chi connectivity index (χ1) is 9.63. The van der Waals surface area contributed by atoms with Crippen molar-refractivity contribution in [3.8, 4) is 0 Å². The largest absolute Gasteiger partial charge is 0.370 e. The van der Waals surface area contributed by atoms with Gasteiger partial charge < -0.3 is 10.1 Å². The molecule has 1 N–H and O–H groups in total. The third-order valence-corrected chi connectivity index (χ3v) is 5.26. The highest BCUT2D eigenvalue weighted by Crippen LogP contribution is 2.39. The van der Waals surface area contributed by atoms with Gasteiger partial charge in [0, 0.05) is 12.6 Å². The van der Waals surface area contributed by atoms with E-state index >= 15 is 0 Å². The summed E-state index contributed by atoms with van der Waals surface area (Å²) in [5, 5.41) is 3.65. The van der Waals surface area contributed by atoms with Crippen molar-refractivity contribution >= 4 is 0 Å². The highest BCUT2D eigenvalue weighted by atomic mass is 16.5. The Labute approximate surface area is 126 Å². The van der Waals surface area contributed by atoms with Crippen molar-refractivity contribution in [1.29, 1.82) is 0 Å². The fourth-order valence-electron chi connectivity index (χ4n) is 3.99. The molecule has 0 aromatic rings. The second-order valence-corrected chi connectivity index (χ2v) is 7.47. The summed E-state index contributed by atoms with van der Waals surface area (Å²) in [6.07, 6.45) is 13.9. The molecule has 2 nitrogen and oxygen atoms in total. The van der Waals surface area contributed by atoms with E-state index in [4.69, 9.17) is 4.74 Å². The van der Waals surface area contributed by atoms with Crippen molar-refractivity contribution in [1.82, 2.24) is 5.32 Å². The number of ether oxygens (including phenoxy) is 1. The highest BCUT2D eigenvalue weighted by Gasteiger charge is 2.38. The van der Waals surface area contributed by atoms with Crippen LogP contribution in [0.4, 0.5) is 0 Å². The molecule has 0 heterocycles. The van der Waals surface area contributed by atoms with Gasteiger partial charge in [0.15, 0.2) is 0 Å². The van der Waals surface area contributed by atoms with Crippen LogP contribution < -0.4 is 5.32 Å². The number of rotatable bonds is 7. The Morgan fingerprint density at radius 2 is 1.75 bits per heavy atom. The van der Waals surface area contributed by atoms with Crippen molar-refractivity contribution in [2.75, 3.05) is 6.54 Å². The molecule has 0 bridgehead atoms. The minimum Gasteiger partial charge on any atom is -0.370 e. The molecule has 20 heavy (non-hydrogen) atoms. The SMILES string of the molecule is CCCC1CCC(CNC(C)C)(OC2CCCC2)CC1. The zero-order chi connectivity index (χ0) is 14.4. The lowest BCUT2D eigenvalue weighted by Gasteiger charge is -2.42. The zero-order valence-electron chi connectivity index (χ0n) is 13.9. The maximum Gasteiger partial charge on any atom is 0.0810 e. The maximum atomic E-state index is 6.65. The molecule has 0 aromatic heterocycles. The van der Waals surface area contributed by atoms with Crippen LogP contribution in [0.3, 0.4) is 0 Å². The minimum atomic E-state index is 0.142. The van der Waals surface area contributed by atoms with Crippen LogP contribution in [-0.2, 0) is 4.74 Å². The first-order valence-electron chi connectivity index (χ1n) is 9.05. The topological polar surface area (TPSA) is 21.3 Å². The molecule has 2 fully saturated rings. The highest BCUT2D eigenvalue weighted by molar-refractivity contribution is 4.91. The van der Waals surface area contributed by atoms with Crippen molar-refractivity contribution in [3.63, 3.8) is 0 Å².